The van der Waals surface area contributed by atoms with Crippen molar-refractivity contribution in [1.82, 2.24) is 10.3 Å². The summed E-state index contributed by atoms with van der Waals surface area (Å²) in [5.41, 5.74) is 2.03. The topological polar surface area (TPSA) is 24.9 Å². The Hall–Kier alpha value is -1.62. The quantitative estimate of drug-likeness (QED) is 0.779. The molecule has 0 fully saturated rings. The summed E-state index contributed by atoms with van der Waals surface area (Å²) in [4.78, 5) is 3.95. The third-order valence-corrected chi connectivity index (χ3v) is 2.99. The van der Waals surface area contributed by atoms with Crippen LogP contribution in [0.3, 0.4) is 0 Å². The minimum absolute atomic E-state index is 0.487. The molecule has 2 rings (SSSR count). The van der Waals surface area contributed by atoms with Crippen LogP contribution >= 0.6 is 0 Å². The van der Waals surface area contributed by atoms with Gasteiger partial charge in [0.2, 0.25) is 0 Å². The number of rotatable bonds is 0. The number of nitrogens with one attached hydrogen (secondary N) is 1. The molecule has 2 nitrogen and oxygen atoms in total. The molecule has 1 aromatic heterocycles. The van der Waals surface area contributed by atoms with E-state index >= 15 is 0 Å². The monoisotopic (exact) mass is 268 g/mol. The molecular weight excluding hydrogens is 253 g/mol. The summed E-state index contributed by atoms with van der Waals surface area (Å²) >= 11 is 0. The van der Waals surface area contributed by atoms with E-state index in [1.807, 2.05) is 6.92 Å². The Kier molecular flexibility index (Phi) is 3.75. The van der Waals surface area contributed by atoms with Gasteiger partial charge < -0.3 is 5.32 Å². The number of aromatic nitrogens is 1. The van der Waals surface area contributed by atoms with Crippen molar-refractivity contribution in [3.05, 3.63) is 41.2 Å². The van der Waals surface area contributed by atoms with Crippen molar-refractivity contribution in [1.29, 1.82) is 0 Å². The average Bonchev–Trinajstić information content (AvgIpc) is 2.38. The molecule has 0 atom stereocenters. The molecule has 1 aromatic rings. The number of hydrogen-bond acceptors (Lipinski definition) is 2. The van der Waals surface area contributed by atoms with Crippen LogP contribution in [0.1, 0.15) is 30.2 Å². The second-order valence-electron chi connectivity index (χ2n) is 4.68. The van der Waals surface area contributed by atoms with Crippen molar-refractivity contribution in [2.75, 3.05) is 13.1 Å². The fourth-order valence-corrected chi connectivity index (χ4v) is 2.00. The molecule has 0 saturated heterocycles. The second kappa shape index (κ2) is 5.17. The van der Waals surface area contributed by atoms with Crippen LogP contribution in [0.25, 0.3) is 11.6 Å². The number of pyridine rings is 1. The Morgan fingerprint density at radius 2 is 2.11 bits per heavy atom. The van der Waals surface area contributed by atoms with Gasteiger partial charge in [0.1, 0.15) is 0 Å². The highest BCUT2D eigenvalue weighted by atomic mass is 19.4. The zero-order valence-corrected chi connectivity index (χ0v) is 10.6. The lowest BCUT2D eigenvalue weighted by molar-refractivity contribution is -0.137. The maximum Gasteiger partial charge on any atom is 0.417 e. The van der Waals surface area contributed by atoms with Crippen molar-refractivity contribution < 1.29 is 13.2 Å². The normalized spacial score (nSPS) is 19.8. The highest BCUT2D eigenvalue weighted by molar-refractivity contribution is 5.72. The SMILES string of the molecule is C=C1CCNC/C(C)=C/c2cc(C(F)(F)F)cnc21. The zero-order chi connectivity index (χ0) is 14.0. The summed E-state index contributed by atoms with van der Waals surface area (Å²) in [6.45, 7) is 7.18. The van der Waals surface area contributed by atoms with Crippen LogP contribution in [-0.4, -0.2) is 18.1 Å². The molecule has 5 heteroatoms. The summed E-state index contributed by atoms with van der Waals surface area (Å²) in [7, 11) is 0. The van der Waals surface area contributed by atoms with Gasteiger partial charge in [-0.2, -0.15) is 13.2 Å². The molecule has 0 bridgehead atoms. The molecule has 2 heterocycles. The fourth-order valence-electron chi connectivity index (χ4n) is 2.00. The lowest BCUT2D eigenvalue weighted by atomic mass is 10.0. The Morgan fingerprint density at radius 3 is 2.79 bits per heavy atom. The van der Waals surface area contributed by atoms with E-state index in [4.69, 9.17) is 0 Å². The number of nitrogens with zero attached hydrogens (tertiary/aromatic N) is 1. The third kappa shape index (κ3) is 3.23. The van der Waals surface area contributed by atoms with Crippen LogP contribution in [0.4, 0.5) is 13.2 Å². The van der Waals surface area contributed by atoms with Gasteiger partial charge in [-0.25, -0.2) is 0 Å². The Labute approximate surface area is 110 Å². The zero-order valence-electron chi connectivity index (χ0n) is 10.6. The van der Waals surface area contributed by atoms with Crippen LogP contribution < -0.4 is 5.32 Å². The summed E-state index contributed by atoms with van der Waals surface area (Å²) in [5.74, 6) is 0. The molecule has 0 aliphatic carbocycles. The van der Waals surface area contributed by atoms with Crippen LogP contribution in [-0.2, 0) is 6.18 Å². The van der Waals surface area contributed by atoms with Crippen molar-refractivity contribution >= 4 is 11.6 Å². The predicted molar refractivity (Wildman–Crippen MR) is 69.4 cm³/mol. The van der Waals surface area contributed by atoms with Gasteiger partial charge in [-0.3, -0.25) is 4.98 Å². The van der Waals surface area contributed by atoms with Gasteiger partial charge in [0.25, 0.3) is 0 Å². The molecule has 1 aliphatic rings. The van der Waals surface area contributed by atoms with E-state index < -0.39 is 11.7 Å². The van der Waals surface area contributed by atoms with Gasteiger partial charge in [-0.15, -0.1) is 0 Å². The largest absolute Gasteiger partial charge is 0.417 e. The second-order valence-corrected chi connectivity index (χ2v) is 4.68. The number of halogens is 3. The maximum absolute atomic E-state index is 12.7. The molecule has 0 spiro atoms. The first-order valence-electron chi connectivity index (χ1n) is 6.01. The minimum Gasteiger partial charge on any atom is -0.313 e. The van der Waals surface area contributed by atoms with Gasteiger partial charge in [0.15, 0.2) is 0 Å². The standard InChI is InChI=1S/C14H15F3N2/c1-9-5-11-6-12(14(15,16)17)8-19-13(11)10(2)3-4-18-7-9/h5-6,8,18H,2-4,7H2,1H3/b9-5+. The Balaban J connectivity index is 2.54. The Morgan fingerprint density at radius 1 is 1.37 bits per heavy atom. The van der Waals surface area contributed by atoms with E-state index in [0.717, 1.165) is 30.0 Å². The maximum atomic E-state index is 12.7. The van der Waals surface area contributed by atoms with E-state index in [2.05, 4.69) is 16.9 Å². The first-order valence-corrected chi connectivity index (χ1v) is 6.01. The van der Waals surface area contributed by atoms with Gasteiger partial charge in [0.05, 0.1) is 11.3 Å². The third-order valence-electron chi connectivity index (χ3n) is 2.99. The molecule has 1 N–H and O–H groups in total. The first kappa shape index (κ1) is 13.8. The highest BCUT2D eigenvalue weighted by Crippen LogP contribution is 2.32. The number of fused-ring (bicyclic) bond motifs is 1. The molecule has 0 amide bonds. The molecule has 0 radical (unpaired) electrons. The summed E-state index contributed by atoms with van der Waals surface area (Å²) in [6, 6.07) is 1.14. The van der Waals surface area contributed by atoms with Crippen molar-refractivity contribution in [3.8, 4) is 0 Å². The molecule has 1 aliphatic heterocycles. The average molecular weight is 268 g/mol. The lowest BCUT2D eigenvalue weighted by Gasteiger charge is -2.11. The summed E-state index contributed by atoms with van der Waals surface area (Å²) in [5, 5.41) is 3.21. The van der Waals surface area contributed by atoms with Gasteiger partial charge >= 0.3 is 6.18 Å². The summed E-state index contributed by atoms with van der Waals surface area (Å²) < 4.78 is 38.2. The van der Waals surface area contributed by atoms with Crippen LogP contribution in [0.2, 0.25) is 0 Å². The molecule has 19 heavy (non-hydrogen) atoms. The number of alkyl halides is 3. The molecule has 102 valence electrons. The van der Waals surface area contributed by atoms with Gasteiger partial charge in [-0.05, 0) is 31.5 Å². The van der Waals surface area contributed by atoms with Gasteiger partial charge in [0, 0.05) is 18.3 Å². The van der Waals surface area contributed by atoms with Crippen LogP contribution in [0.15, 0.2) is 24.4 Å². The van der Waals surface area contributed by atoms with Gasteiger partial charge in [-0.1, -0.05) is 18.2 Å². The Bertz CT molecular complexity index is 530. The smallest absolute Gasteiger partial charge is 0.313 e. The molecule has 0 aromatic carbocycles. The minimum atomic E-state index is -4.37. The van der Waals surface area contributed by atoms with E-state index in [1.54, 1.807) is 6.08 Å². The number of hydrogen-bond donors (Lipinski definition) is 1. The predicted octanol–water partition coefficient (Wildman–Crippen LogP) is 3.51. The van der Waals surface area contributed by atoms with Crippen molar-refractivity contribution in [3.63, 3.8) is 0 Å². The van der Waals surface area contributed by atoms with E-state index in [1.165, 1.54) is 0 Å². The van der Waals surface area contributed by atoms with Crippen molar-refractivity contribution in [2.45, 2.75) is 19.5 Å². The summed E-state index contributed by atoms with van der Waals surface area (Å²) in [6.07, 6.45) is -1.09. The van der Waals surface area contributed by atoms with Crippen LogP contribution in [0.5, 0.6) is 0 Å². The lowest BCUT2D eigenvalue weighted by Crippen LogP contribution is -2.17. The molecule has 0 unspecified atom stereocenters. The van der Waals surface area contributed by atoms with E-state index in [9.17, 15) is 13.2 Å². The highest BCUT2D eigenvalue weighted by Gasteiger charge is 2.31. The van der Waals surface area contributed by atoms with E-state index in [0.29, 0.717) is 24.2 Å². The van der Waals surface area contributed by atoms with Crippen molar-refractivity contribution in [2.24, 2.45) is 0 Å². The first-order chi connectivity index (χ1) is 8.88. The molecule has 0 saturated carbocycles. The fraction of sp³-hybridized carbons (Fsp3) is 0.357. The van der Waals surface area contributed by atoms with Crippen LogP contribution in [0, 0.1) is 0 Å². The molecular formula is C14H15F3N2. The van der Waals surface area contributed by atoms with E-state index in [-0.39, 0.29) is 0 Å².